The Morgan fingerprint density at radius 3 is 1.55 bits per heavy atom. The minimum atomic E-state index is -0.918. The number of allylic oxidation sites excluding steroid dienone is 2. The van der Waals surface area contributed by atoms with Crippen LogP contribution < -0.4 is 10.6 Å². The molecule has 2 aliphatic heterocycles. The van der Waals surface area contributed by atoms with Gasteiger partial charge in [-0.05, 0) is 91.6 Å². The number of carboxylic acids is 2. The van der Waals surface area contributed by atoms with Crippen LogP contribution in [0.2, 0.25) is 0 Å². The molecule has 6 rings (SSSR count). The largest absolute Gasteiger partial charge is 0.481 e. The maximum absolute atomic E-state index is 13.0. The number of aliphatic carboxylic acids is 2. The third-order valence-electron chi connectivity index (χ3n) is 9.73. The van der Waals surface area contributed by atoms with Gasteiger partial charge in [-0.15, -0.1) is 0 Å². The highest BCUT2D eigenvalue weighted by molar-refractivity contribution is 6.25. The van der Waals surface area contributed by atoms with Gasteiger partial charge in [-0.25, -0.2) is 0 Å². The third kappa shape index (κ3) is 7.12. The van der Waals surface area contributed by atoms with Gasteiger partial charge in [0.15, 0.2) is 0 Å². The molecule has 260 valence electrons. The van der Waals surface area contributed by atoms with Crippen molar-refractivity contribution in [2.75, 3.05) is 0 Å². The Hall–Kier alpha value is -6.16. The van der Waals surface area contributed by atoms with Crippen LogP contribution >= 0.6 is 0 Å². The summed E-state index contributed by atoms with van der Waals surface area (Å²) in [5.41, 5.74) is 12.3. The predicted molar refractivity (Wildman–Crippen MR) is 196 cm³/mol. The molecule has 0 unspecified atom stereocenters. The Bertz CT molecular complexity index is 2200. The lowest BCUT2D eigenvalue weighted by Crippen LogP contribution is -2.15. The lowest BCUT2D eigenvalue weighted by molar-refractivity contribution is -0.138. The lowest BCUT2D eigenvalue weighted by Gasteiger charge is -2.07. The molecule has 0 radical (unpaired) electrons. The first kappa shape index (κ1) is 34.7. The summed E-state index contributed by atoms with van der Waals surface area (Å²) in [6, 6.07) is 19.1. The Labute approximate surface area is 295 Å². The maximum atomic E-state index is 13.0. The van der Waals surface area contributed by atoms with E-state index in [4.69, 9.17) is 0 Å². The summed E-state index contributed by atoms with van der Waals surface area (Å²) < 4.78 is 0. The summed E-state index contributed by atoms with van der Waals surface area (Å²) in [6.45, 7) is 7.55. The smallest absolute Gasteiger partial charge is 0.303 e. The molecule has 10 heteroatoms. The van der Waals surface area contributed by atoms with Crippen LogP contribution in [0.1, 0.15) is 82.8 Å². The SMILES string of the molecule is CC1=C(c2ccccc2)/C(=C/c2[nH]c(Cc3[nH]c(/C=C4\NC(=O)C(c5ccccc5)=C4C)c(C)c3CCC(=O)O)c(CCC(=O)O)c2C)NC1=O. The molecular formula is C41H40N4O6. The summed E-state index contributed by atoms with van der Waals surface area (Å²) in [4.78, 5) is 56.3. The quantitative estimate of drug-likeness (QED) is 0.100. The van der Waals surface area contributed by atoms with Crippen LogP contribution in [0.4, 0.5) is 0 Å². The molecular weight excluding hydrogens is 644 g/mol. The molecule has 0 saturated heterocycles. The van der Waals surface area contributed by atoms with E-state index in [1.807, 2.05) is 93.6 Å². The molecule has 2 amide bonds. The van der Waals surface area contributed by atoms with Gasteiger partial charge in [-0.1, -0.05) is 60.7 Å². The van der Waals surface area contributed by atoms with Crippen molar-refractivity contribution in [1.29, 1.82) is 0 Å². The number of carbonyl (C=O) groups excluding carboxylic acids is 2. The van der Waals surface area contributed by atoms with E-state index in [-0.39, 0.29) is 37.5 Å². The summed E-state index contributed by atoms with van der Waals surface area (Å²) in [7, 11) is 0. The molecule has 6 N–H and O–H groups in total. The molecule has 4 aromatic rings. The third-order valence-corrected chi connectivity index (χ3v) is 9.73. The number of amides is 2. The molecule has 2 aliphatic rings. The highest BCUT2D eigenvalue weighted by Crippen LogP contribution is 2.35. The Balaban J connectivity index is 1.41. The van der Waals surface area contributed by atoms with Crippen LogP contribution in [0.5, 0.6) is 0 Å². The molecule has 0 bridgehead atoms. The van der Waals surface area contributed by atoms with Crippen molar-refractivity contribution in [3.8, 4) is 0 Å². The molecule has 51 heavy (non-hydrogen) atoms. The first-order valence-corrected chi connectivity index (χ1v) is 16.9. The number of aromatic amines is 2. The van der Waals surface area contributed by atoms with Crippen LogP contribution in [-0.2, 0) is 38.4 Å². The van der Waals surface area contributed by atoms with Crippen molar-refractivity contribution in [3.63, 3.8) is 0 Å². The molecule has 0 atom stereocenters. The molecule has 10 nitrogen and oxygen atoms in total. The van der Waals surface area contributed by atoms with Gasteiger partial charge >= 0.3 is 11.9 Å². The standard InChI is InChI=1S/C41H40N4O6/c1-22-28(15-17-36(46)47)33(42-30(22)19-32-24(3)39(41(51)44-32)27-13-9-6-10-14-27)21-34-29(16-18-37(48)49)23(2)31(43-34)20-35-38(25(4)40(50)45-35)26-11-7-5-8-12-26/h5-14,19-20,42-43H,15-18,21H2,1-4H3,(H,44,51)(H,45,50)(H,46,47)(H,48,49)/b32-19-,35-20-. The van der Waals surface area contributed by atoms with Crippen molar-refractivity contribution < 1.29 is 29.4 Å². The van der Waals surface area contributed by atoms with Gasteiger partial charge in [0.1, 0.15) is 0 Å². The van der Waals surface area contributed by atoms with E-state index in [0.717, 1.165) is 67.3 Å². The van der Waals surface area contributed by atoms with Crippen molar-refractivity contribution >= 4 is 47.1 Å². The predicted octanol–water partition coefficient (Wildman–Crippen LogP) is 6.47. The van der Waals surface area contributed by atoms with Gasteiger partial charge in [0.25, 0.3) is 11.8 Å². The van der Waals surface area contributed by atoms with Gasteiger partial charge in [-0.2, -0.15) is 0 Å². The van der Waals surface area contributed by atoms with Crippen LogP contribution in [0.15, 0.2) is 83.2 Å². The zero-order valence-electron chi connectivity index (χ0n) is 29.0. The molecule has 4 heterocycles. The second kappa shape index (κ2) is 14.4. The van der Waals surface area contributed by atoms with Gasteiger partial charge in [-0.3, -0.25) is 19.2 Å². The fourth-order valence-electron chi connectivity index (χ4n) is 7.00. The Morgan fingerprint density at radius 1 is 0.608 bits per heavy atom. The van der Waals surface area contributed by atoms with E-state index in [0.29, 0.717) is 29.0 Å². The number of carbonyl (C=O) groups is 4. The molecule has 0 saturated carbocycles. The number of hydrogen-bond acceptors (Lipinski definition) is 4. The van der Waals surface area contributed by atoms with Gasteiger partial charge < -0.3 is 30.8 Å². The highest BCUT2D eigenvalue weighted by Gasteiger charge is 2.28. The lowest BCUT2D eigenvalue weighted by atomic mass is 9.97. The van der Waals surface area contributed by atoms with Crippen LogP contribution in [0, 0.1) is 13.8 Å². The van der Waals surface area contributed by atoms with Crippen molar-refractivity contribution in [3.05, 3.63) is 139 Å². The Morgan fingerprint density at radius 2 is 1.06 bits per heavy atom. The fraction of sp³-hybridized carbons (Fsp3) is 0.220. The normalized spacial score (nSPS) is 16.1. The number of benzene rings is 2. The van der Waals surface area contributed by atoms with Crippen LogP contribution in [-0.4, -0.2) is 43.9 Å². The summed E-state index contributed by atoms with van der Waals surface area (Å²) in [5, 5.41) is 25.2. The second-order valence-electron chi connectivity index (χ2n) is 13.0. The highest BCUT2D eigenvalue weighted by atomic mass is 16.4. The van der Waals surface area contributed by atoms with Crippen molar-refractivity contribution in [2.45, 2.75) is 59.8 Å². The maximum Gasteiger partial charge on any atom is 0.303 e. The van der Waals surface area contributed by atoms with Gasteiger partial charge in [0.2, 0.25) is 0 Å². The van der Waals surface area contributed by atoms with Crippen molar-refractivity contribution in [1.82, 2.24) is 20.6 Å². The zero-order valence-corrected chi connectivity index (χ0v) is 29.0. The first-order chi connectivity index (χ1) is 24.4. The molecule has 0 fully saturated rings. The van der Waals surface area contributed by atoms with Gasteiger partial charge in [0.05, 0.1) is 11.3 Å². The van der Waals surface area contributed by atoms with E-state index < -0.39 is 11.9 Å². The van der Waals surface area contributed by atoms with E-state index >= 15 is 0 Å². The topological polar surface area (TPSA) is 164 Å². The molecule has 2 aromatic heterocycles. The Kier molecular flexibility index (Phi) is 9.77. The zero-order chi connectivity index (χ0) is 36.4. The minimum Gasteiger partial charge on any atom is -0.481 e. The van der Waals surface area contributed by atoms with E-state index in [1.165, 1.54) is 0 Å². The number of aromatic nitrogens is 2. The molecule has 0 aliphatic carbocycles. The average Bonchev–Trinajstić information content (AvgIpc) is 3.75. The second-order valence-corrected chi connectivity index (χ2v) is 13.0. The number of carboxylic acid groups (broad SMARTS) is 2. The van der Waals surface area contributed by atoms with Crippen molar-refractivity contribution in [2.24, 2.45) is 0 Å². The summed E-state index contributed by atoms with van der Waals surface area (Å²) >= 11 is 0. The van der Waals surface area contributed by atoms with Crippen LogP contribution in [0.3, 0.4) is 0 Å². The molecule has 0 spiro atoms. The number of H-pyrrole nitrogens is 2. The number of rotatable bonds is 12. The van der Waals surface area contributed by atoms with E-state index in [2.05, 4.69) is 20.6 Å². The van der Waals surface area contributed by atoms with E-state index in [9.17, 15) is 29.4 Å². The first-order valence-electron chi connectivity index (χ1n) is 16.9. The van der Waals surface area contributed by atoms with Crippen LogP contribution in [0.25, 0.3) is 23.3 Å². The minimum absolute atomic E-state index is 0.0733. The molecule has 2 aromatic carbocycles. The monoisotopic (exact) mass is 684 g/mol. The van der Waals surface area contributed by atoms with Gasteiger partial charge in [0, 0.05) is 58.9 Å². The number of hydrogen-bond donors (Lipinski definition) is 6. The summed E-state index contributed by atoms with van der Waals surface area (Å²) in [6.07, 6.45) is 4.54. The fourth-order valence-corrected chi connectivity index (χ4v) is 7.00. The number of nitrogens with one attached hydrogen (secondary N) is 4. The summed E-state index contributed by atoms with van der Waals surface area (Å²) in [5.74, 6) is -2.20. The van der Waals surface area contributed by atoms with E-state index in [1.54, 1.807) is 6.92 Å². The average molecular weight is 685 g/mol.